The van der Waals surface area contributed by atoms with Crippen molar-refractivity contribution in [1.29, 1.82) is 0 Å². The number of nitrogens with one attached hydrogen (secondary N) is 2. The highest BCUT2D eigenvalue weighted by molar-refractivity contribution is 7.18. The summed E-state index contributed by atoms with van der Waals surface area (Å²) in [6, 6.07) is 15.2. The number of carbonyl (C=O) groups is 1. The molecule has 0 fully saturated rings. The van der Waals surface area contributed by atoms with E-state index in [1.807, 2.05) is 55.5 Å². The fourth-order valence-electron chi connectivity index (χ4n) is 3.06. The first-order valence-corrected chi connectivity index (χ1v) is 9.18. The summed E-state index contributed by atoms with van der Waals surface area (Å²) >= 11 is 1.24. The molecule has 4 aromatic rings. The highest BCUT2D eigenvalue weighted by atomic mass is 32.1. The number of carbonyl (C=O) groups excluding carboxylic acids is 1. The van der Waals surface area contributed by atoms with E-state index in [1.54, 1.807) is 7.11 Å². The van der Waals surface area contributed by atoms with E-state index < -0.39 is 0 Å². The summed E-state index contributed by atoms with van der Waals surface area (Å²) in [5.74, 6) is 0.828. The van der Waals surface area contributed by atoms with Crippen LogP contribution in [0.5, 0.6) is 5.75 Å². The third-order valence-electron chi connectivity index (χ3n) is 4.30. The molecule has 27 heavy (non-hydrogen) atoms. The molecule has 2 aromatic carbocycles. The van der Waals surface area contributed by atoms with E-state index in [4.69, 9.17) is 10.5 Å². The van der Waals surface area contributed by atoms with Gasteiger partial charge in [0.25, 0.3) is 0 Å². The number of benzene rings is 2. The Hall–Kier alpha value is -3.32. The molecule has 0 saturated heterocycles. The van der Waals surface area contributed by atoms with Crippen LogP contribution < -0.4 is 15.8 Å². The summed E-state index contributed by atoms with van der Waals surface area (Å²) in [4.78, 5) is 21.1. The van der Waals surface area contributed by atoms with Gasteiger partial charge in [-0.3, -0.25) is 4.79 Å². The average molecular weight is 378 g/mol. The standard InChI is InChI=1S/C20H18N4O2S/c1-11-16(14-8-3-4-9-15(14)22-11)17(25)18-19(21)24-20(27-18)23-12-6-5-7-13(10-12)26-2/h3-10,22H,21H2,1-2H3,(H,23,24). The average Bonchev–Trinajstić information content (AvgIpc) is 3.20. The summed E-state index contributed by atoms with van der Waals surface area (Å²) in [5.41, 5.74) is 9.24. The number of nitrogens with two attached hydrogens (primary N) is 1. The quantitative estimate of drug-likeness (QED) is 0.445. The van der Waals surface area contributed by atoms with E-state index in [-0.39, 0.29) is 11.6 Å². The SMILES string of the molecule is COc1cccc(Nc2nc(N)c(C(=O)c3c(C)[nH]c4ccccc34)s2)c1. The number of hydrogen-bond donors (Lipinski definition) is 3. The van der Waals surface area contributed by atoms with Gasteiger partial charge in [0, 0.05) is 28.4 Å². The maximum atomic E-state index is 13.2. The van der Waals surface area contributed by atoms with Crippen LogP contribution in [0.3, 0.4) is 0 Å². The molecule has 136 valence electrons. The molecule has 0 aliphatic carbocycles. The molecule has 7 heteroatoms. The molecular formula is C20H18N4O2S. The molecule has 0 bridgehead atoms. The second-order valence-electron chi connectivity index (χ2n) is 6.09. The summed E-state index contributed by atoms with van der Waals surface area (Å²) in [6.07, 6.45) is 0. The van der Waals surface area contributed by atoms with Crippen molar-refractivity contribution in [2.24, 2.45) is 0 Å². The van der Waals surface area contributed by atoms with Crippen molar-refractivity contribution in [3.63, 3.8) is 0 Å². The number of ether oxygens (including phenoxy) is 1. The predicted octanol–water partition coefficient (Wildman–Crippen LogP) is 4.50. The van der Waals surface area contributed by atoms with Gasteiger partial charge in [-0.25, -0.2) is 4.98 Å². The Morgan fingerprint density at radius 3 is 2.85 bits per heavy atom. The molecule has 0 saturated carbocycles. The van der Waals surface area contributed by atoms with Crippen LogP contribution in [-0.2, 0) is 0 Å². The molecule has 2 heterocycles. The summed E-state index contributed by atoms with van der Waals surface area (Å²) < 4.78 is 5.22. The van der Waals surface area contributed by atoms with Crippen LogP contribution >= 0.6 is 11.3 Å². The van der Waals surface area contributed by atoms with Crippen molar-refractivity contribution in [3.05, 3.63) is 64.7 Å². The number of nitrogen functional groups attached to an aromatic ring is 1. The molecule has 0 aliphatic rings. The number of thiazole rings is 1. The number of fused-ring (bicyclic) bond motifs is 1. The van der Waals surface area contributed by atoms with Gasteiger partial charge in [-0.1, -0.05) is 35.6 Å². The number of aryl methyl sites for hydroxylation is 1. The molecule has 0 aliphatic heterocycles. The van der Waals surface area contributed by atoms with E-state index in [2.05, 4.69) is 15.3 Å². The molecule has 0 atom stereocenters. The van der Waals surface area contributed by atoms with Crippen molar-refractivity contribution >= 4 is 44.7 Å². The van der Waals surface area contributed by atoms with Crippen LogP contribution in [0.1, 0.15) is 20.9 Å². The van der Waals surface area contributed by atoms with Gasteiger partial charge < -0.3 is 20.8 Å². The number of aromatic nitrogens is 2. The maximum Gasteiger partial charge on any atom is 0.209 e. The third kappa shape index (κ3) is 3.13. The lowest BCUT2D eigenvalue weighted by Crippen LogP contribution is -2.03. The van der Waals surface area contributed by atoms with Crippen molar-refractivity contribution in [3.8, 4) is 5.75 Å². The van der Waals surface area contributed by atoms with Gasteiger partial charge in [0.1, 0.15) is 16.4 Å². The van der Waals surface area contributed by atoms with Crippen LogP contribution in [-0.4, -0.2) is 22.9 Å². The number of methoxy groups -OCH3 is 1. The molecule has 4 rings (SSSR count). The van der Waals surface area contributed by atoms with E-state index in [9.17, 15) is 4.79 Å². The minimum Gasteiger partial charge on any atom is -0.497 e. The summed E-state index contributed by atoms with van der Waals surface area (Å²) in [7, 11) is 1.61. The lowest BCUT2D eigenvalue weighted by atomic mass is 10.1. The van der Waals surface area contributed by atoms with Crippen LogP contribution in [0, 0.1) is 6.92 Å². The number of aromatic amines is 1. The van der Waals surface area contributed by atoms with Crippen LogP contribution in [0.4, 0.5) is 16.6 Å². The minimum atomic E-state index is -0.126. The first-order chi connectivity index (χ1) is 13.1. The molecule has 6 nitrogen and oxygen atoms in total. The number of hydrogen-bond acceptors (Lipinski definition) is 6. The second-order valence-corrected chi connectivity index (χ2v) is 7.09. The van der Waals surface area contributed by atoms with Crippen molar-refractivity contribution < 1.29 is 9.53 Å². The molecular weight excluding hydrogens is 360 g/mol. The lowest BCUT2D eigenvalue weighted by Gasteiger charge is -2.04. The Bertz CT molecular complexity index is 1150. The minimum absolute atomic E-state index is 0.126. The molecule has 2 aromatic heterocycles. The van der Waals surface area contributed by atoms with Crippen LogP contribution in [0.25, 0.3) is 10.9 Å². The molecule has 0 spiro atoms. The second kappa shape index (κ2) is 6.77. The molecule has 0 unspecified atom stereocenters. The number of ketones is 1. The maximum absolute atomic E-state index is 13.2. The summed E-state index contributed by atoms with van der Waals surface area (Å²) in [5, 5.41) is 4.62. The normalized spacial score (nSPS) is 10.9. The summed E-state index contributed by atoms with van der Waals surface area (Å²) in [6.45, 7) is 1.89. The zero-order valence-electron chi connectivity index (χ0n) is 14.9. The number of para-hydroxylation sites is 1. The highest BCUT2D eigenvalue weighted by Gasteiger charge is 2.23. The largest absolute Gasteiger partial charge is 0.497 e. The third-order valence-corrected chi connectivity index (χ3v) is 5.29. The van der Waals surface area contributed by atoms with E-state index in [0.29, 0.717) is 15.6 Å². The fourth-order valence-corrected chi connectivity index (χ4v) is 3.91. The Morgan fingerprint density at radius 2 is 2.04 bits per heavy atom. The van der Waals surface area contributed by atoms with E-state index >= 15 is 0 Å². The fraction of sp³-hybridized carbons (Fsp3) is 0.100. The van der Waals surface area contributed by atoms with Gasteiger partial charge in [0.05, 0.1) is 12.7 Å². The Kier molecular flexibility index (Phi) is 4.29. The number of H-pyrrole nitrogens is 1. The van der Waals surface area contributed by atoms with Crippen molar-refractivity contribution in [2.75, 3.05) is 18.2 Å². The lowest BCUT2D eigenvalue weighted by molar-refractivity contribution is 0.104. The predicted molar refractivity (Wildman–Crippen MR) is 109 cm³/mol. The highest BCUT2D eigenvalue weighted by Crippen LogP contribution is 2.33. The van der Waals surface area contributed by atoms with Gasteiger partial charge in [0.15, 0.2) is 5.13 Å². The van der Waals surface area contributed by atoms with Crippen LogP contribution in [0.2, 0.25) is 0 Å². The number of rotatable bonds is 5. The van der Waals surface area contributed by atoms with Crippen LogP contribution in [0.15, 0.2) is 48.5 Å². The topological polar surface area (TPSA) is 93.0 Å². The smallest absolute Gasteiger partial charge is 0.209 e. The van der Waals surface area contributed by atoms with Crippen molar-refractivity contribution in [2.45, 2.75) is 6.92 Å². The van der Waals surface area contributed by atoms with E-state index in [1.165, 1.54) is 11.3 Å². The van der Waals surface area contributed by atoms with Gasteiger partial charge in [0.2, 0.25) is 5.78 Å². The van der Waals surface area contributed by atoms with E-state index in [0.717, 1.165) is 28.0 Å². The van der Waals surface area contributed by atoms with Crippen molar-refractivity contribution in [1.82, 2.24) is 9.97 Å². The Morgan fingerprint density at radius 1 is 1.22 bits per heavy atom. The van der Waals surface area contributed by atoms with Gasteiger partial charge >= 0.3 is 0 Å². The molecule has 0 amide bonds. The Labute approximate surface area is 160 Å². The molecule has 4 N–H and O–H groups in total. The van der Waals surface area contributed by atoms with Gasteiger partial charge in [-0.15, -0.1) is 0 Å². The van der Waals surface area contributed by atoms with Gasteiger partial charge in [-0.2, -0.15) is 0 Å². The zero-order valence-corrected chi connectivity index (χ0v) is 15.7. The Balaban J connectivity index is 1.68. The zero-order chi connectivity index (χ0) is 19.0. The van der Waals surface area contributed by atoms with Gasteiger partial charge in [-0.05, 0) is 25.1 Å². The monoisotopic (exact) mass is 378 g/mol. The number of anilines is 3. The first-order valence-electron chi connectivity index (χ1n) is 8.36. The molecule has 0 radical (unpaired) electrons. The number of nitrogens with zero attached hydrogens (tertiary/aromatic N) is 1. The first kappa shape index (κ1) is 17.1.